The minimum absolute atomic E-state index is 0.0408. The van der Waals surface area contributed by atoms with E-state index in [1.807, 2.05) is 55.5 Å². The summed E-state index contributed by atoms with van der Waals surface area (Å²) in [4.78, 5) is 16.5. The lowest BCUT2D eigenvalue weighted by Gasteiger charge is -2.12. The molecule has 5 heteroatoms. The quantitative estimate of drug-likeness (QED) is 0.504. The predicted octanol–water partition coefficient (Wildman–Crippen LogP) is 4.63. The Hall–Kier alpha value is -3.13. The van der Waals surface area contributed by atoms with Crippen molar-refractivity contribution in [3.05, 3.63) is 83.1 Å². The molecule has 28 heavy (non-hydrogen) atoms. The van der Waals surface area contributed by atoms with Gasteiger partial charge >= 0.3 is 0 Å². The summed E-state index contributed by atoms with van der Waals surface area (Å²) in [6, 6.07) is 18.6. The Morgan fingerprint density at radius 2 is 1.89 bits per heavy atom. The molecule has 3 rings (SSSR count). The number of benzene rings is 2. The Morgan fingerprint density at radius 1 is 1.14 bits per heavy atom. The third-order valence-electron chi connectivity index (χ3n) is 4.11. The van der Waals surface area contributed by atoms with Gasteiger partial charge in [-0.3, -0.25) is 4.79 Å². The Morgan fingerprint density at radius 3 is 2.61 bits per heavy atom. The van der Waals surface area contributed by atoms with Gasteiger partial charge in [0.25, 0.3) is 5.91 Å². The number of pyridine rings is 1. The van der Waals surface area contributed by atoms with E-state index in [0.29, 0.717) is 11.3 Å². The molecule has 1 unspecified atom stereocenters. The van der Waals surface area contributed by atoms with Gasteiger partial charge in [0.1, 0.15) is 5.15 Å². The first-order valence-corrected chi connectivity index (χ1v) is 9.20. The van der Waals surface area contributed by atoms with Crippen LogP contribution >= 0.6 is 11.6 Å². The number of rotatable bonds is 4. The van der Waals surface area contributed by atoms with E-state index in [0.717, 1.165) is 16.7 Å². The topological polar surface area (TPSA) is 62.2 Å². The molecule has 0 aliphatic carbocycles. The summed E-state index contributed by atoms with van der Waals surface area (Å²) in [7, 11) is 0. The van der Waals surface area contributed by atoms with Crippen LogP contribution in [0.25, 0.3) is 11.1 Å². The first kappa shape index (κ1) is 19.6. The average Bonchev–Trinajstić information content (AvgIpc) is 2.73. The predicted molar refractivity (Wildman–Crippen MR) is 112 cm³/mol. The Balaban J connectivity index is 1.85. The van der Waals surface area contributed by atoms with Crippen molar-refractivity contribution in [3.8, 4) is 23.0 Å². The second-order valence-corrected chi connectivity index (χ2v) is 6.63. The Bertz CT molecular complexity index is 1040. The molecule has 4 nitrogen and oxygen atoms in total. The highest BCUT2D eigenvalue weighted by atomic mass is 35.5. The van der Waals surface area contributed by atoms with Gasteiger partial charge in [0.2, 0.25) is 0 Å². The van der Waals surface area contributed by atoms with Gasteiger partial charge in [-0.2, -0.15) is 0 Å². The van der Waals surface area contributed by atoms with Gasteiger partial charge < -0.3 is 10.4 Å². The number of carbonyl (C=O) groups excluding carboxylic acids is 1. The lowest BCUT2D eigenvalue weighted by atomic mass is 10.0. The normalized spacial score (nSPS) is 11.2. The van der Waals surface area contributed by atoms with Crippen molar-refractivity contribution < 1.29 is 9.90 Å². The first-order chi connectivity index (χ1) is 13.6. The first-order valence-electron chi connectivity index (χ1n) is 8.82. The molecule has 0 radical (unpaired) electrons. The van der Waals surface area contributed by atoms with Gasteiger partial charge in [0.15, 0.2) is 0 Å². The molecule has 3 aromatic rings. The van der Waals surface area contributed by atoms with Crippen molar-refractivity contribution in [2.24, 2.45) is 5.92 Å². The van der Waals surface area contributed by atoms with Crippen LogP contribution in [0.5, 0.6) is 0 Å². The maximum atomic E-state index is 12.6. The molecule has 0 fully saturated rings. The zero-order valence-electron chi connectivity index (χ0n) is 15.3. The van der Waals surface area contributed by atoms with E-state index in [4.69, 9.17) is 16.7 Å². The number of nitrogens with one attached hydrogen (secondary N) is 1. The van der Waals surface area contributed by atoms with E-state index < -0.39 is 0 Å². The van der Waals surface area contributed by atoms with E-state index in [1.165, 1.54) is 0 Å². The number of aliphatic hydroxyl groups excluding tert-OH is 1. The van der Waals surface area contributed by atoms with Crippen LogP contribution in [0.4, 0.5) is 5.69 Å². The fraction of sp³-hybridized carbons (Fsp3) is 0.130. The summed E-state index contributed by atoms with van der Waals surface area (Å²) in [5, 5.41) is 12.1. The third kappa shape index (κ3) is 4.77. The number of carbonyl (C=O) groups is 1. The van der Waals surface area contributed by atoms with Crippen LogP contribution in [-0.2, 0) is 0 Å². The van der Waals surface area contributed by atoms with Crippen molar-refractivity contribution in [1.82, 2.24) is 4.98 Å². The summed E-state index contributed by atoms with van der Waals surface area (Å²) in [6.45, 7) is 1.91. The number of hydrogen-bond acceptors (Lipinski definition) is 3. The standard InChI is InChI=1S/C23H19ClN2O2/c1-16(15-27)8-9-17-10-12-18(13-11-17)19-5-2-3-7-21(19)26-23(28)20-6-4-14-25-22(20)24/h2-7,10-14,16,27H,15H2,1H3,(H,26,28). The number of nitrogens with zero attached hydrogens (tertiary/aromatic N) is 1. The minimum Gasteiger partial charge on any atom is -0.395 e. The third-order valence-corrected chi connectivity index (χ3v) is 4.41. The molecule has 0 saturated heterocycles. The lowest BCUT2D eigenvalue weighted by Crippen LogP contribution is -2.13. The zero-order chi connectivity index (χ0) is 19.9. The van der Waals surface area contributed by atoms with Crippen LogP contribution < -0.4 is 5.32 Å². The molecular formula is C23H19ClN2O2. The molecule has 2 N–H and O–H groups in total. The molecule has 1 aromatic heterocycles. The Kier molecular flexibility index (Phi) is 6.44. The van der Waals surface area contributed by atoms with Crippen LogP contribution in [0.15, 0.2) is 66.9 Å². The molecule has 0 aliphatic rings. The number of amides is 1. The summed E-state index contributed by atoms with van der Waals surface area (Å²) in [6.07, 6.45) is 1.54. The number of halogens is 1. The number of aromatic nitrogens is 1. The average molecular weight is 391 g/mol. The smallest absolute Gasteiger partial charge is 0.258 e. The Labute approximate surface area is 169 Å². The van der Waals surface area contributed by atoms with Gasteiger partial charge in [-0.15, -0.1) is 0 Å². The summed E-state index contributed by atoms with van der Waals surface area (Å²) < 4.78 is 0. The van der Waals surface area contributed by atoms with Gasteiger partial charge in [0.05, 0.1) is 12.2 Å². The number of para-hydroxylation sites is 1. The van der Waals surface area contributed by atoms with E-state index in [1.54, 1.807) is 18.3 Å². The zero-order valence-corrected chi connectivity index (χ0v) is 16.1. The van der Waals surface area contributed by atoms with Crippen molar-refractivity contribution in [1.29, 1.82) is 0 Å². The van der Waals surface area contributed by atoms with E-state index in [9.17, 15) is 4.79 Å². The van der Waals surface area contributed by atoms with Gasteiger partial charge in [-0.05, 0) is 42.8 Å². The second kappa shape index (κ2) is 9.18. The number of aliphatic hydroxyl groups is 1. The number of anilines is 1. The largest absolute Gasteiger partial charge is 0.395 e. The lowest BCUT2D eigenvalue weighted by molar-refractivity contribution is 0.102. The molecule has 1 heterocycles. The highest BCUT2D eigenvalue weighted by Gasteiger charge is 2.13. The maximum absolute atomic E-state index is 12.6. The van der Waals surface area contributed by atoms with Crippen LogP contribution in [0.3, 0.4) is 0 Å². The molecule has 0 spiro atoms. The maximum Gasteiger partial charge on any atom is 0.258 e. The van der Waals surface area contributed by atoms with E-state index in [2.05, 4.69) is 22.1 Å². The second-order valence-electron chi connectivity index (χ2n) is 6.27. The summed E-state index contributed by atoms with van der Waals surface area (Å²) >= 11 is 6.02. The van der Waals surface area contributed by atoms with Crippen LogP contribution in [-0.4, -0.2) is 22.6 Å². The molecule has 1 atom stereocenters. The fourth-order valence-corrected chi connectivity index (χ4v) is 2.78. The molecule has 2 aromatic carbocycles. The molecular weight excluding hydrogens is 372 g/mol. The van der Waals surface area contributed by atoms with Gasteiger partial charge in [-0.1, -0.05) is 53.8 Å². The fourth-order valence-electron chi connectivity index (χ4n) is 2.57. The SMILES string of the molecule is CC(C#Cc1ccc(-c2ccccc2NC(=O)c2cccnc2Cl)cc1)CO. The van der Waals surface area contributed by atoms with Crippen molar-refractivity contribution >= 4 is 23.2 Å². The highest BCUT2D eigenvalue weighted by molar-refractivity contribution is 6.33. The van der Waals surface area contributed by atoms with E-state index >= 15 is 0 Å². The van der Waals surface area contributed by atoms with Crippen molar-refractivity contribution in [2.45, 2.75) is 6.92 Å². The summed E-state index contributed by atoms with van der Waals surface area (Å²) in [5.74, 6) is 5.67. The minimum atomic E-state index is -0.314. The monoisotopic (exact) mass is 390 g/mol. The van der Waals surface area contributed by atoms with Crippen LogP contribution in [0.2, 0.25) is 5.15 Å². The van der Waals surface area contributed by atoms with Crippen LogP contribution in [0, 0.1) is 17.8 Å². The number of hydrogen-bond donors (Lipinski definition) is 2. The molecule has 0 bridgehead atoms. The molecule has 140 valence electrons. The van der Waals surface area contributed by atoms with Crippen LogP contribution in [0.1, 0.15) is 22.8 Å². The van der Waals surface area contributed by atoms with Gasteiger partial charge in [0, 0.05) is 28.9 Å². The highest BCUT2D eigenvalue weighted by Crippen LogP contribution is 2.28. The van der Waals surface area contributed by atoms with Gasteiger partial charge in [-0.25, -0.2) is 4.98 Å². The van der Waals surface area contributed by atoms with Crippen molar-refractivity contribution in [3.63, 3.8) is 0 Å². The molecule has 1 amide bonds. The molecule has 0 saturated carbocycles. The molecule has 0 aliphatic heterocycles. The van der Waals surface area contributed by atoms with Crippen molar-refractivity contribution in [2.75, 3.05) is 11.9 Å². The summed E-state index contributed by atoms with van der Waals surface area (Å²) in [5.41, 5.74) is 3.71. The van der Waals surface area contributed by atoms with E-state index in [-0.39, 0.29) is 23.6 Å².